The maximum atomic E-state index is 12.5. The normalized spacial score (nSPS) is 15.2. The summed E-state index contributed by atoms with van der Waals surface area (Å²) in [4.78, 5) is 24.5. The Balaban J connectivity index is 1.71. The van der Waals surface area contributed by atoms with E-state index >= 15 is 0 Å². The molecular formula is C21H14N2O6. The zero-order valence-corrected chi connectivity index (χ0v) is 15.2. The molecule has 1 aliphatic rings. The monoisotopic (exact) mass is 390 g/mol. The highest BCUT2D eigenvalue weighted by Crippen LogP contribution is 2.40. The Kier molecular flexibility index (Phi) is 4.41. The van der Waals surface area contributed by atoms with Crippen molar-refractivity contribution in [1.29, 1.82) is 5.26 Å². The molecule has 0 saturated heterocycles. The van der Waals surface area contributed by atoms with Crippen LogP contribution >= 0.6 is 0 Å². The van der Waals surface area contributed by atoms with Crippen molar-refractivity contribution in [2.24, 2.45) is 5.73 Å². The van der Waals surface area contributed by atoms with E-state index in [0.717, 1.165) is 0 Å². The van der Waals surface area contributed by atoms with Crippen molar-refractivity contribution < 1.29 is 23.1 Å². The van der Waals surface area contributed by atoms with Crippen LogP contribution in [0.5, 0.6) is 11.5 Å². The SMILES string of the molecule is Cc1cc2c(c(=O)o1)[C@H](c1ccc(OC(=O)c3ccco3)cc1)C(C#N)=C(N)O2. The first-order chi connectivity index (χ1) is 14.0. The molecule has 0 fully saturated rings. The van der Waals surface area contributed by atoms with Gasteiger partial charge in [-0.25, -0.2) is 9.59 Å². The zero-order chi connectivity index (χ0) is 20.5. The van der Waals surface area contributed by atoms with Crippen LogP contribution in [0.1, 0.15) is 33.4 Å². The quantitative estimate of drug-likeness (QED) is 0.534. The lowest BCUT2D eigenvalue weighted by Crippen LogP contribution is -2.26. The fraction of sp³-hybridized carbons (Fsp3) is 0.0952. The van der Waals surface area contributed by atoms with E-state index < -0.39 is 17.5 Å². The second-order valence-electron chi connectivity index (χ2n) is 6.28. The number of furan rings is 1. The maximum absolute atomic E-state index is 12.5. The molecule has 0 amide bonds. The van der Waals surface area contributed by atoms with Crippen LogP contribution in [0.15, 0.2) is 73.8 Å². The molecule has 8 heteroatoms. The first-order valence-corrected chi connectivity index (χ1v) is 8.56. The van der Waals surface area contributed by atoms with E-state index in [1.807, 2.05) is 6.07 Å². The molecule has 1 aliphatic heterocycles. The van der Waals surface area contributed by atoms with Crippen molar-refractivity contribution in [3.63, 3.8) is 0 Å². The summed E-state index contributed by atoms with van der Waals surface area (Å²) in [5.74, 6) is -0.540. The van der Waals surface area contributed by atoms with Crippen LogP contribution in [0, 0.1) is 18.3 Å². The van der Waals surface area contributed by atoms with Gasteiger partial charge in [0.2, 0.25) is 11.6 Å². The summed E-state index contributed by atoms with van der Waals surface area (Å²) in [7, 11) is 0. The average Bonchev–Trinajstić information content (AvgIpc) is 3.22. The van der Waals surface area contributed by atoms with E-state index in [2.05, 4.69) is 0 Å². The molecule has 3 aromatic rings. The molecule has 0 bridgehead atoms. The average molecular weight is 390 g/mol. The second kappa shape index (κ2) is 7.05. The van der Waals surface area contributed by atoms with Crippen LogP contribution in [0.3, 0.4) is 0 Å². The zero-order valence-electron chi connectivity index (χ0n) is 15.2. The number of nitrogens with two attached hydrogens (primary N) is 1. The number of ether oxygens (including phenoxy) is 2. The Morgan fingerprint density at radius 3 is 2.66 bits per heavy atom. The van der Waals surface area contributed by atoms with Crippen LogP contribution < -0.4 is 20.8 Å². The summed E-state index contributed by atoms with van der Waals surface area (Å²) in [5.41, 5.74) is 6.15. The minimum Gasteiger partial charge on any atom is -0.457 e. The predicted molar refractivity (Wildman–Crippen MR) is 99.1 cm³/mol. The number of esters is 1. The summed E-state index contributed by atoms with van der Waals surface area (Å²) in [5, 5.41) is 9.56. The highest BCUT2D eigenvalue weighted by Gasteiger charge is 2.34. The van der Waals surface area contributed by atoms with Gasteiger partial charge < -0.3 is 24.0 Å². The van der Waals surface area contributed by atoms with E-state index in [4.69, 9.17) is 24.0 Å². The minimum atomic E-state index is -0.768. The van der Waals surface area contributed by atoms with Crippen LogP contribution in [-0.2, 0) is 0 Å². The standard InChI is InChI=1S/C21H14N2O6/c1-11-9-16-18(21(25)27-11)17(14(10-22)19(23)29-16)12-4-6-13(7-5-12)28-20(24)15-3-2-8-26-15/h2-9,17H,23H2,1H3/t17-/m1/s1. The number of nitrogens with zero attached hydrogens (tertiary/aromatic N) is 1. The molecule has 0 aliphatic carbocycles. The first kappa shape index (κ1) is 18.1. The molecule has 1 atom stereocenters. The van der Waals surface area contributed by atoms with Gasteiger partial charge in [0.1, 0.15) is 28.9 Å². The molecule has 0 radical (unpaired) electrons. The topological polar surface area (TPSA) is 129 Å². The molecule has 2 N–H and O–H groups in total. The van der Waals surface area contributed by atoms with Gasteiger partial charge in [0, 0.05) is 6.07 Å². The molecule has 2 aromatic heterocycles. The van der Waals surface area contributed by atoms with Crippen LogP contribution in [-0.4, -0.2) is 5.97 Å². The highest BCUT2D eigenvalue weighted by atomic mass is 16.5. The summed E-state index contributed by atoms with van der Waals surface area (Å²) in [6.07, 6.45) is 1.37. The molecule has 0 spiro atoms. The van der Waals surface area contributed by atoms with E-state index in [1.54, 1.807) is 43.3 Å². The van der Waals surface area contributed by atoms with Crippen LogP contribution in [0.2, 0.25) is 0 Å². The number of benzene rings is 1. The number of aryl methyl sites for hydroxylation is 1. The van der Waals surface area contributed by atoms with Crippen molar-refractivity contribution in [3.8, 4) is 17.6 Å². The Hall–Kier alpha value is -4.25. The summed E-state index contributed by atoms with van der Waals surface area (Å²) >= 11 is 0. The van der Waals surface area contributed by atoms with Crippen molar-refractivity contribution in [2.45, 2.75) is 12.8 Å². The van der Waals surface area contributed by atoms with Crippen molar-refractivity contribution in [2.75, 3.05) is 0 Å². The number of hydrogen-bond acceptors (Lipinski definition) is 8. The van der Waals surface area contributed by atoms with Gasteiger partial charge in [0.15, 0.2) is 0 Å². The van der Waals surface area contributed by atoms with Gasteiger partial charge in [-0.15, -0.1) is 0 Å². The molecular weight excluding hydrogens is 376 g/mol. The number of hydrogen-bond donors (Lipinski definition) is 1. The van der Waals surface area contributed by atoms with E-state index in [0.29, 0.717) is 11.3 Å². The van der Waals surface area contributed by atoms with Crippen molar-refractivity contribution in [3.05, 3.63) is 93.3 Å². The third-order valence-corrected chi connectivity index (χ3v) is 4.40. The molecule has 144 valence electrons. The predicted octanol–water partition coefficient (Wildman–Crippen LogP) is 2.98. The largest absolute Gasteiger partial charge is 0.457 e. The van der Waals surface area contributed by atoms with Crippen LogP contribution in [0.4, 0.5) is 0 Å². The van der Waals surface area contributed by atoms with Gasteiger partial charge in [-0.1, -0.05) is 12.1 Å². The van der Waals surface area contributed by atoms with Gasteiger partial charge in [-0.2, -0.15) is 5.26 Å². The Bertz CT molecular complexity index is 1210. The smallest absolute Gasteiger partial charge is 0.379 e. The number of rotatable bonds is 3. The second-order valence-corrected chi connectivity index (χ2v) is 6.28. The Labute approximate surface area is 164 Å². The number of carbonyl (C=O) groups is 1. The van der Waals surface area contributed by atoms with Crippen molar-refractivity contribution >= 4 is 5.97 Å². The van der Waals surface area contributed by atoms with Gasteiger partial charge in [0.05, 0.1) is 17.7 Å². The molecule has 8 nitrogen and oxygen atoms in total. The third-order valence-electron chi connectivity index (χ3n) is 4.40. The fourth-order valence-corrected chi connectivity index (χ4v) is 3.13. The lowest BCUT2D eigenvalue weighted by Gasteiger charge is -2.25. The lowest BCUT2D eigenvalue weighted by atomic mass is 9.84. The Morgan fingerprint density at radius 1 is 1.24 bits per heavy atom. The fourth-order valence-electron chi connectivity index (χ4n) is 3.13. The van der Waals surface area contributed by atoms with Crippen molar-refractivity contribution in [1.82, 2.24) is 0 Å². The molecule has 0 unspecified atom stereocenters. The number of fused-ring (bicyclic) bond motifs is 1. The Morgan fingerprint density at radius 2 is 2.00 bits per heavy atom. The molecule has 4 rings (SSSR count). The summed E-state index contributed by atoms with van der Waals surface area (Å²) in [6, 6.07) is 13.0. The number of carbonyl (C=O) groups excluding carboxylic acids is 1. The number of nitriles is 1. The molecule has 1 aromatic carbocycles. The lowest BCUT2D eigenvalue weighted by molar-refractivity contribution is 0.0701. The van der Waals surface area contributed by atoms with Gasteiger partial charge in [0.25, 0.3) is 0 Å². The number of allylic oxidation sites excluding steroid dienone is 1. The van der Waals surface area contributed by atoms with E-state index in [1.165, 1.54) is 12.3 Å². The molecule has 29 heavy (non-hydrogen) atoms. The van der Waals surface area contributed by atoms with Gasteiger partial charge in [-0.05, 0) is 36.8 Å². The van der Waals surface area contributed by atoms with Crippen LogP contribution in [0.25, 0.3) is 0 Å². The van der Waals surface area contributed by atoms with E-state index in [-0.39, 0.29) is 34.3 Å². The molecule has 0 saturated carbocycles. The minimum absolute atomic E-state index is 0.0721. The maximum Gasteiger partial charge on any atom is 0.379 e. The van der Waals surface area contributed by atoms with E-state index in [9.17, 15) is 14.9 Å². The summed E-state index contributed by atoms with van der Waals surface area (Å²) < 4.78 is 20.9. The van der Waals surface area contributed by atoms with Gasteiger partial charge in [-0.3, -0.25) is 0 Å². The van der Waals surface area contributed by atoms with Gasteiger partial charge >= 0.3 is 11.6 Å². The summed E-state index contributed by atoms with van der Waals surface area (Å²) in [6.45, 7) is 1.61. The molecule has 3 heterocycles. The first-order valence-electron chi connectivity index (χ1n) is 8.56. The highest BCUT2D eigenvalue weighted by molar-refractivity contribution is 5.88. The third kappa shape index (κ3) is 3.26.